The van der Waals surface area contributed by atoms with E-state index in [1.807, 2.05) is 18.2 Å². The van der Waals surface area contributed by atoms with Crippen LogP contribution in [-0.2, 0) is 27.1 Å². The Morgan fingerprint density at radius 2 is 2.00 bits per heavy atom. The molecule has 0 spiro atoms. The number of amides is 1. The molecular weight excluding hydrogens is 314 g/mol. The summed E-state index contributed by atoms with van der Waals surface area (Å²) in [5, 5.41) is 6.08. The van der Waals surface area contributed by atoms with Crippen molar-refractivity contribution in [2.75, 3.05) is 13.1 Å². The summed E-state index contributed by atoms with van der Waals surface area (Å²) in [6.07, 6.45) is 0.847. The SMILES string of the molecule is CC(C)NS(=O)(=O)Cc1ccccc1CNC(=O)C1CCNC1. The number of rotatable bonds is 7. The molecule has 1 amide bonds. The molecule has 1 unspecified atom stereocenters. The summed E-state index contributed by atoms with van der Waals surface area (Å²) in [6.45, 7) is 5.51. The Morgan fingerprint density at radius 1 is 1.30 bits per heavy atom. The summed E-state index contributed by atoms with van der Waals surface area (Å²) in [7, 11) is -3.38. The van der Waals surface area contributed by atoms with Gasteiger partial charge < -0.3 is 10.6 Å². The van der Waals surface area contributed by atoms with E-state index >= 15 is 0 Å². The van der Waals surface area contributed by atoms with Crippen molar-refractivity contribution in [3.8, 4) is 0 Å². The molecule has 1 saturated heterocycles. The van der Waals surface area contributed by atoms with Crippen molar-refractivity contribution < 1.29 is 13.2 Å². The van der Waals surface area contributed by atoms with Crippen LogP contribution in [0, 0.1) is 5.92 Å². The zero-order valence-corrected chi connectivity index (χ0v) is 14.4. The van der Waals surface area contributed by atoms with Crippen LogP contribution in [0.3, 0.4) is 0 Å². The number of carbonyl (C=O) groups excluding carboxylic acids is 1. The summed E-state index contributed by atoms with van der Waals surface area (Å²) in [5.41, 5.74) is 1.55. The van der Waals surface area contributed by atoms with Crippen LogP contribution >= 0.6 is 0 Å². The lowest BCUT2D eigenvalue weighted by Crippen LogP contribution is -2.33. The fraction of sp³-hybridized carbons (Fsp3) is 0.562. The molecule has 1 fully saturated rings. The predicted octanol–water partition coefficient (Wildman–Crippen LogP) is 0.740. The summed E-state index contributed by atoms with van der Waals surface area (Å²) < 4.78 is 26.8. The maximum atomic E-state index is 12.1. The zero-order valence-electron chi connectivity index (χ0n) is 13.6. The van der Waals surface area contributed by atoms with Crippen LogP contribution < -0.4 is 15.4 Å². The summed E-state index contributed by atoms with van der Waals surface area (Å²) in [6, 6.07) is 7.17. The monoisotopic (exact) mass is 339 g/mol. The minimum atomic E-state index is -3.38. The van der Waals surface area contributed by atoms with Crippen LogP contribution in [0.5, 0.6) is 0 Å². The van der Waals surface area contributed by atoms with Crippen molar-refractivity contribution >= 4 is 15.9 Å². The quantitative estimate of drug-likeness (QED) is 0.684. The first-order chi connectivity index (χ1) is 10.9. The van der Waals surface area contributed by atoms with Gasteiger partial charge in [-0.25, -0.2) is 13.1 Å². The largest absolute Gasteiger partial charge is 0.352 e. The Morgan fingerprint density at radius 3 is 2.61 bits per heavy atom. The van der Waals surface area contributed by atoms with E-state index in [4.69, 9.17) is 0 Å². The van der Waals surface area contributed by atoms with Crippen molar-refractivity contribution in [3.05, 3.63) is 35.4 Å². The third-order valence-electron chi connectivity index (χ3n) is 3.76. The van der Waals surface area contributed by atoms with E-state index in [1.54, 1.807) is 19.9 Å². The molecule has 6 nitrogen and oxygen atoms in total. The molecule has 1 aliphatic heterocycles. The Bertz CT molecular complexity index is 638. The average Bonchev–Trinajstić information content (AvgIpc) is 2.98. The van der Waals surface area contributed by atoms with Gasteiger partial charge in [-0.1, -0.05) is 24.3 Å². The smallest absolute Gasteiger partial charge is 0.224 e. The highest BCUT2D eigenvalue weighted by molar-refractivity contribution is 7.88. The maximum Gasteiger partial charge on any atom is 0.224 e. The van der Waals surface area contributed by atoms with Crippen LogP contribution in [-0.4, -0.2) is 33.5 Å². The first-order valence-corrected chi connectivity index (χ1v) is 9.58. The number of benzene rings is 1. The lowest BCUT2D eigenvalue weighted by molar-refractivity contribution is -0.124. The molecule has 0 aromatic heterocycles. The molecule has 23 heavy (non-hydrogen) atoms. The van der Waals surface area contributed by atoms with Crippen molar-refractivity contribution in [3.63, 3.8) is 0 Å². The van der Waals surface area contributed by atoms with E-state index in [9.17, 15) is 13.2 Å². The topological polar surface area (TPSA) is 87.3 Å². The van der Waals surface area contributed by atoms with Gasteiger partial charge in [-0.2, -0.15) is 0 Å². The van der Waals surface area contributed by atoms with E-state index < -0.39 is 10.0 Å². The normalized spacial score (nSPS) is 18.3. The lowest BCUT2D eigenvalue weighted by atomic mass is 10.1. The van der Waals surface area contributed by atoms with Crippen molar-refractivity contribution in [1.29, 1.82) is 0 Å². The van der Waals surface area contributed by atoms with Gasteiger partial charge in [-0.3, -0.25) is 4.79 Å². The van der Waals surface area contributed by atoms with Crippen LogP contribution in [0.1, 0.15) is 31.4 Å². The molecular formula is C16H25N3O3S. The molecule has 1 aromatic carbocycles. The summed E-state index contributed by atoms with van der Waals surface area (Å²) in [5.74, 6) is -0.0520. The van der Waals surface area contributed by atoms with Crippen LogP contribution in [0.2, 0.25) is 0 Å². The van der Waals surface area contributed by atoms with Crippen LogP contribution in [0.4, 0.5) is 0 Å². The predicted molar refractivity (Wildman–Crippen MR) is 90.2 cm³/mol. The highest BCUT2D eigenvalue weighted by atomic mass is 32.2. The molecule has 128 valence electrons. The minimum absolute atomic E-state index is 0.00787. The van der Waals surface area contributed by atoms with Crippen molar-refractivity contribution in [2.24, 2.45) is 5.92 Å². The van der Waals surface area contributed by atoms with E-state index in [2.05, 4.69) is 15.4 Å². The molecule has 0 bridgehead atoms. The number of carbonyl (C=O) groups is 1. The molecule has 3 N–H and O–H groups in total. The molecule has 1 heterocycles. The Kier molecular flexibility index (Phi) is 6.15. The van der Waals surface area contributed by atoms with Crippen molar-refractivity contribution in [1.82, 2.24) is 15.4 Å². The third kappa shape index (κ3) is 5.60. The summed E-state index contributed by atoms with van der Waals surface area (Å²) in [4.78, 5) is 12.1. The van der Waals surface area contributed by atoms with Gasteiger partial charge in [0.15, 0.2) is 0 Å². The fourth-order valence-electron chi connectivity index (χ4n) is 2.68. The Hall–Kier alpha value is -1.44. The number of nitrogens with one attached hydrogen (secondary N) is 3. The van der Waals surface area contributed by atoms with Gasteiger partial charge in [0.05, 0.1) is 11.7 Å². The lowest BCUT2D eigenvalue weighted by Gasteiger charge is -2.14. The van der Waals surface area contributed by atoms with E-state index in [0.29, 0.717) is 18.7 Å². The first-order valence-electron chi connectivity index (χ1n) is 7.92. The molecule has 7 heteroatoms. The second-order valence-electron chi connectivity index (χ2n) is 6.21. The number of hydrogen-bond acceptors (Lipinski definition) is 4. The number of sulfonamides is 1. The second-order valence-corrected chi connectivity index (χ2v) is 7.96. The molecule has 1 atom stereocenters. The Labute approximate surface area is 138 Å². The van der Waals surface area contributed by atoms with Crippen LogP contribution in [0.15, 0.2) is 24.3 Å². The first kappa shape index (κ1) is 17.9. The van der Waals surface area contributed by atoms with Gasteiger partial charge in [0.2, 0.25) is 15.9 Å². The van der Waals surface area contributed by atoms with Gasteiger partial charge in [-0.05, 0) is 37.9 Å². The molecule has 1 aliphatic rings. The number of hydrogen-bond donors (Lipinski definition) is 3. The Balaban J connectivity index is 2.01. The van der Waals surface area contributed by atoms with E-state index in [1.165, 1.54) is 0 Å². The van der Waals surface area contributed by atoms with Gasteiger partial charge in [0.1, 0.15) is 0 Å². The standard InChI is InChI=1S/C16H25N3O3S/c1-12(2)19-23(21,22)11-15-6-4-3-5-13(15)10-18-16(20)14-7-8-17-9-14/h3-6,12,14,17,19H,7-11H2,1-2H3,(H,18,20). The van der Waals surface area contributed by atoms with E-state index in [0.717, 1.165) is 18.5 Å². The maximum absolute atomic E-state index is 12.1. The highest BCUT2D eigenvalue weighted by Crippen LogP contribution is 2.13. The average molecular weight is 339 g/mol. The highest BCUT2D eigenvalue weighted by Gasteiger charge is 2.22. The molecule has 0 saturated carbocycles. The second kappa shape index (κ2) is 7.90. The molecule has 0 radical (unpaired) electrons. The molecule has 2 rings (SSSR count). The molecule has 0 aliphatic carbocycles. The minimum Gasteiger partial charge on any atom is -0.352 e. The molecule has 1 aromatic rings. The van der Waals surface area contributed by atoms with Gasteiger partial charge in [0, 0.05) is 19.1 Å². The summed E-state index contributed by atoms with van der Waals surface area (Å²) >= 11 is 0. The van der Waals surface area contributed by atoms with E-state index in [-0.39, 0.29) is 23.6 Å². The zero-order chi connectivity index (χ0) is 16.9. The van der Waals surface area contributed by atoms with Crippen molar-refractivity contribution in [2.45, 2.75) is 38.6 Å². The van der Waals surface area contributed by atoms with Gasteiger partial charge in [-0.15, -0.1) is 0 Å². The van der Waals surface area contributed by atoms with Gasteiger partial charge in [0.25, 0.3) is 0 Å². The van der Waals surface area contributed by atoms with Crippen LogP contribution in [0.25, 0.3) is 0 Å². The third-order valence-corrected chi connectivity index (χ3v) is 5.28. The fourth-order valence-corrected chi connectivity index (χ4v) is 4.17. The van der Waals surface area contributed by atoms with Gasteiger partial charge >= 0.3 is 0 Å².